The number of rotatable bonds is 4. The van der Waals surface area contributed by atoms with Gasteiger partial charge in [-0.25, -0.2) is 4.98 Å². The molecule has 0 amide bonds. The molecular formula is C17H23N3. The number of pyridine rings is 1. The van der Waals surface area contributed by atoms with Gasteiger partial charge in [0.2, 0.25) is 0 Å². The first-order chi connectivity index (χ1) is 9.78. The van der Waals surface area contributed by atoms with Gasteiger partial charge in [0.05, 0.1) is 0 Å². The van der Waals surface area contributed by atoms with Crippen LogP contribution in [0.1, 0.15) is 32.3 Å². The van der Waals surface area contributed by atoms with Gasteiger partial charge in [0, 0.05) is 36.4 Å². The van der Waals surface area contributed by atoms with Crippen molar-refractivity contribution >= 4 is 16.6 Å². The maximum absolute atomic E-state index is 4.39. The summed E-state index contributed by atoms with van der Waals surface area (Å²) in [6.45, 7) is 8.02. The number of hydrogen-bond acceptors (Lipinski definition) is 2. The summed E-state index contributed by atoms with van der Waals surface area (Å²) in [5, 5.41) is 1.24. The molecule has 0 bridgehead atoms. The molecule has 2 aromatic rings. The highest BCUT2D eigenvalue weighted by Gasteiger charge is 2.19. The Hall–Kier alpha value is -1.61. The van der Waals surface area contributed by atoms with Crippen LogP contribution in [0.2, 0.25) is 0 Å². The number of fused-ring (bicyclic) bond motifs is 1. The lowest BCUT2D eigenvalue weighted by molar-refractivity contribution is 0.268. The molecule has 20 heavy (non-hydrogen) atoms. The highest BCUT2D eigenvalue weighted by atomic mass is 15.1. The predicted octanol–water partition coefficient (Wildman–Crippen LogP) is 3.70. The monoisotopic (exact) mass is 269 g/mol. The van der Waals surface area contributed by atoms with Crippen molar-refractivity contribution in [3.8, 4) is 0 Å². The second-order valence-electron chi connectivity index (χ2n) is 5.86. The summed E-state index contributed by atoms with van der Waals surface area (Å²) < 4.78 is 0. The first kappa shape index (κ1) is 13.4. The Morgan fingerprint density at radius 1 is 1.45 bits per heavy atom. The van der Waals surface area contributed by atoms with Gasteiger partial charge in [-0.05, 0) is 36.6 Å². The number of aromatic amines is 1. The zero-order chi connectivity index (χ0) is 13.9. The van der Waals surface area contributed by atoms with Gasteiger partial charge in [-0.15, -0.1) is 0 Å². The average Bonchev–Trinajstić information content (AvgIpc) is 2.88. The lowest BCUT2D eigenvalue weighted by Gasteiger charge is -2.30. The summed E-state index contributed by atoms with van der Waals surface area (Å²) in [6, 6.07) is 4.17. The van der Waals surface area contributed by atoms with Gasteiger partial charge in [-0.3, -0.25) is 4.90 Å². The fraction of sp³-hybridized carbons (Fsp3) is 0.471. The zero-order valence-corrected chi connectivity index (χ0v) is 12.4. The minimum atomic E-state index is 0.622. The van der Waals surface area contributed by atoms with Crippen molar-refractivity contribution in [2.24, 2.45) is 5.92 Å². The van der Waals surface area contributed by atoms with Crippen molar-refractivity contribution < 1.29 is 0 Å². The van der Waals surface area contributed by atoms with Crippen LogP contribution in [0.5, 0.6) is 0 Å². The van der Waals surface area contributed by atoms with Gasteiger partial charge in [0.1, 0.15) is 5.65 Å². The fourth-order valence-corrected chi connectivity index (χ4v) is 3.11. The van der Waals surface area contributed by atoms with Crippen LogP contribution >= 0.6 is 0 Å². The molecule has 106 valence electrons. The van der Waals surface area contributed by atoms with Gasteiger partial charge >= 0.3 is 0 Å². The zero-order valence-electron chi connectivity index (χ0n) is 12.4. The molecule has 1 N–H and O–H groups in total. The van der Waals surface area contributed by atoms with Gasteiger partial charge < -0.3 is 4.98 Å². The topological polar surface area (TPSA) is 31.9 Å². The molecule has 3 nitrogen and oxygen atoms in total. The second-order valence-corrected chi connectivity index (χ2v) is 5.86. The third-order valence-electron chi connectivity index (χ3n) is 4.05. The number of hydrogen-bond donors (Lipinski definition) is 1. The fourth-order valence-electron chi connectivity index (χ4n) is 3.11. The first-order valence-corrected chi connectivity index (χ1v) is 7.63. The number of H-pyrrole nitrogens is 1. The lowest BCUT2D eigenvalue weighted by atomic mass is 9.96. The molecule has 1 aliphatic heterocycles. The van der Waals surface area contributed by atoms with E-state index in [1.54, 1.807) is 0 Å². The Morgan fingerprint density at radius 2 is 2.35 bits per heavy atom. The summed E-state index contributed by atoms with van der Waals surface area (Å²) in [4.78, 5) is 10.3. The van der Waals surface area contributed by atoms with E-state index >= 15 is 0 Å². The quantitative estimate of drug-likeness (QED) is 0.917. The average molecular weight is 269 g/mol. The second kappa shape index (κ2) is 5.80. The highest BCUT2D eigenvalue weighted by Crippen LogP contribution is 2.28. The third-order valence-corrected chi connectivity index (χ3v) is 4.05. The number of nitrogens with one attached hydrogen (secondary N) is 1. The van der Waals surface area contributed by atoms with Crippen molar-refractivity contribution in [3.63, 3.8) is 0 Å². The Kier molecular flexibility index (Phi) is 3.88. The molecule has 3 rings (SSSR count). The third kappa shape index (κ3) is 2.63. The smallest absolute Gasteiger partial charge is 0.137 e. The van der Waals surface area contributed by atoms with Crippen molar-refractivity contribution in [3.05, 3.63) is 36.2 Å². The molecule has 0 aromatic carbocycles. The van der Waals surface area contributed by atoms with Crippen molar-refractivity contribution in [2.45, 2.75) is 26.7 Å². The van der Waals surface area contributed by atoms with E-state index in [1.165, 1.54) is 42.5 Å². The molecule has 0 radical (unpaired) electrons. The molecule has 0 spiro atoms. The summed E-state index contributed by atoms with van der Waals surface area (Å²) >= 11 is 0. The Labute approximate surface area is 120 Å². The van der Waals surface area contributed by atoms with Crippen LogP contribution in [0, 0.1) is 5.92 Å². The molecule has 0 saturated carbocycles. The van der Waals surface area contributed by atoms with Crippen LogP contribution in [-0.2, 0) is 0 Å². The summed E-state index contributed by atoms with van der Waals surface area (Å²) in [5.41, 5.74) is 3.75. The summed E-state index contributed by atoms with van der Waals surface area (Å²) in [5.74, 6) is 0.622. The van der Waals surface area contributed by atoms with Gasteiger partial charge in [-0.1, -0.05) is 26.3 Å². The standard InChI is InChI=1S/C17H23N3/c1-3-4-8-20-11-13(2)9-14(12-20)16-10-19-17-15(16)6-5-7-18-17/h5-7,9-10,13H,3-4,8,11-12H2,1-2H3,(H,18,19)/t13-/m1/s1. The van der Waals surface area contributed by atoms with E-state index in [0.29, 0.717) is 5.92 Å². The number of aromatic nitrogens is 2. The largest absolute Gasteiger partial charge is 0.346 e. The van der Waals surface area contributed by atoms with Crippen molar-refractivity contribution in [2.75, 3.05) is 19.6 Å². The van der Waals surface area contributed by atoms with E-state index in [1.807, 2.05) is 12.3 Å². The van der Waals surface area contributed by atoms with Crippen molar-refractivity contribution in [1.82, 2.24) is 14.9 Å². The molecular weight excluding hydrogens is 246 g/mol. The summed E-state index contributed by atoms with van der Waals surface area (Å²) in [6.07, 6.45) is 8.93. The molecule has 2 aromatic heterocycles. The van der Waals surface area contributed by atoms with E-state index in [9.17, 15) is 0 Å². The Balaban J connectivity index is 1.88. The van der Waals surface area contributed by atoms with E-state index in [4.69, 9.17) is 0 Å². The SMILES string of the molecule is CCCCN1CC(c2c[nH]c3ncccc23)=C[C@@H](C)C1. The minimum absolute atomic E-state index is 0.622. The molecule has 3 heteroatoms. The Morgan fingerprint density at radius 3 is 3.20 bits per heavy atom. The number of nitrogens with zero attached hydrogens (tertiary/aromatic N) is 2. The lowest BCUT2D eigenvalue weighted by Crippen LogP contribution is -2.34. The summed E-state index contributed by atoms with van der Waals surface area (Å²) in [7, 11) is 0. The van der Waals surface area contributed by atoms with E-state index in [-0.39, 0.29) is 0 Å². The van der Waals surface area contributed by atoms with Gasteiger partial charge in [0.15, 0.2) is 0 Å². The molecule has 0 saturated heterocycles. The molecule has 0 fully saturated rings. The van der Waals surface area contributed by atoms with Gasteiger partial charge in [-0.2, -0.15) is 0 Å². The minimum Gasteiger partial charge on any atom is -0.346 e. The van der Waals surface area contributed by atoms with Crippen molar-refractivity contribution in [1.29, 1.82) is 0 Å². The highest BCUT2D eigenvalue weighted by molar-refractivity contribution is 5.91. The maximum atomic E-state index is 4.39. The molecule has 3 heterocycles. The van der Waals surface area contributed by atoms with E-state index in [0.717, 1.165) is 12.2 Å². The molecule has 0 aliphatic carbocycles. The molecule has 1 atom stereocenters. The van der Waals surface area contributed by atoms with Gasteiger partial charge in [0.25, 0.3) is 0 Å². The van der Waals surface area contributed by atoms with Crippen LogP contribution < -0.4 is 0 Å². The van der Waals surface area contributed by atoms with Crippen LogP contribution in [0.3, 0.4) is 0 Å². The molecule has 0 unspecified atom stereocenters. The number of unbranched alkanes of at least 4 members (excludes halogenated alkanes) is 1. The van der Waals surface area contributed by atoms with Crippen LogP contribution in [0.4, 0.5) is 0 Å². The first-order valence-electron chi connectivity index (χ1n) is 7.63. The maximum Gasteiger partial charge on any atom is 0.137 e. The van der Waals surface area contributed by atoms with Crippen LogP contribution in [0.15, 0.2) is 30.6 Å². The normalized spacial score (nSPS) is 20.3. The Bertz CT molecular complexity index is 611. The molecule has 1 aliphatic rings. The predicted molar refractivity (Wildman–Crippen MR) is 84.6 cm³/mol. The van der Waals surface area contributed by atoms with E-state index in [2.05, 4.69) is 47.1 Å². The van der Waals surface area contributed by atoms with Crippen LogP contribution in [0.25, 0.3) is 16.6 Å². The van der Waals surface area contributed by atoms with E-state index < -0.39 is 0 Å². The van der Waals surface area contributed by atoms with Crippen LogP contribution in [-0.4, -0.2) is 34.5 Å².